The summed E-state index contributed by atoms with van der Waals surface area (Å²) in [5, 5.41) is 12.0. The van der Waals surface area contributed by atoms with Gasteiger partial charge in [0, 0.05) is 17.4 Å². The molecule has 0 radical (unpaired) electrons. The van der Waals surface area contributed by atoms with Crippen molar-refractivity contribution < 1.29 is 19.4 Å². The van der Waals surface area contributed by atoms with Gasteiger partial charge in [-0.3, -0.25) is 4.79 Å². The number of carbonyl (C=O) groups is 2. The number of benzene rings is 1. The number of amides is 1. The molecular weight excluding hydrogens is 266 g/mol. The second-order valence-electron chi connectivity index (χ2n) is 3.66. The number of methoxy groups -OCH3 is 1. The first kappa shape index (κ1) is 15.1. The topological polar surface area (TPSA) is 75.6 Å². The first-order valence-corrected chi connectivity index (χ1v) is 6.17. The Labute approximate surface area is 116 Å². The zero-order valence-corrected chi connectivity index (χ0v) is 11.3. The summed E-state index contributed by atoms with van der Waals surface area (Å²) >= 11 is 3.96. The minimum absolute atomic E-state index is 0.0743. The van der Waals surface area contributed by atoms with E-state index < -0.39 is 17.9 Å². The highest BCUT2D eigenvalue weighted by Gasteiger charge is 2.18. The summed E-state index contributed by atoms with van der Waals surface area (Å²) in [7, 11) is 1.24. The summed E-state index contributed by atoms with van der Waals surface area (Å²) in [5.41, 5.74) is 0.512. The summed E-state index contributed by atoms with van der Waals surface area (Å²) in [6.45, 7) is 0. The number of hydrogen-bond acceptors (Lipinski definition) is 5. The maximum atomic E-state index is 11.6. The van der Waals surface area contributed by atoms with Crippen molar-refractivity contribution in [3.05, 3.63) is 35.9 Å². The number of phenols is 1. The molecule has 0 aliphatic carbocycles. The van der Waals surface area contributed by atoms with Crippen molar-refractivity contribution in [2.45, 2.75) is 6.04 Å². The van der Waals surface area contributed by atoms with E-state index in [4.69, 9.17) is 0 Å². The van der Waals surface area contributed by atoms with Gasteiger partial charge < -0.3 is 15.2 Å². The van der Waals surface area contributed by atoms with Gasteiger partial charge in [0.25, 0.3) is 0 Å². The summed E-state index contributed by atoms with van der Waals surface area (Å²) in [5.74, 6) is -0.805. The Morgan fingerprint density at radius 2 is 2.16 bits per heavy atom. The Morgan fingerprint density at radius 3 is 2.74 bits per heavy atom. The molecule has 1 aromatic carbocycles. The van der Waals surface area contributed by atoms with Crippen molar-refractivity contribution in [3.8, 4) is 5.75 Å². The zero-order chi connectivity index (χ0) is 14.3. The number of thiol groups is 1. The van der Waals surface area contributed by atoms with Crippen LogP contribution in [0.2, 0.25) is 0 Å². The van der Waals surface area contributed by atoms with E-state index in [1.807, 2.05) is 0 Å². The van der Waals surface area contributed by atoms with Crippen LogP contribution in [0.3, 0.4) is 0 Å². The van der Waals surface area contributed by atoms with Crippen LogP contribution in [-0.4, -0.2) is 35.9 Å². The number of hydrogen-bond donors (Lipinski definition) is 3. The van der Waals surface area contributed by atoms with Gasteiger partial charge in [0.1, 0.15) is 11.8 Å². The second kappa shape index (κ2) is 7.48. The number of rotatable bonds is 5. The predicted molar refractivity (Wildman–Crippen MR) is 74.9 cm³/mol. The van der Waals surface area contributed by atoms with E-state index in [9.17, 15) is 14.7 Å². The Morgan fingerprint density at radius 1 is 1.47 bits per heavy atom. The fourth-order valence-electron chi connectivity index (χ4n) is 1.34. The van der Waals surface area contributed by atoms with E-state index in [1.54, 1.807) is 18.2 Å². The molecule has 0 aliphatic rings. The van der Waals surface area contributed by atoms with Crippen LogP contribution in [0.4, 0.5) is 0 Å². The lowest BCUT2D eigenvalue weighted by atomic mass is 10.2. The van der Waals surface area contributed by atoms with Crippen molar-refractivity contribution in [2.75, 3.05) is 12.9 Å². The Balaban J connectivity index is 2.65. The highest BCUT2D eigenvalue weighted by Crippen LogP contribution is 2.16. The van der Waals surface area contributed by atoms with E-state index in [2.05, 4.69) is 22.7 Å². The van der Waals surface area contributed by atoms with Crippen LogP contribution in [0.15, 0.2) is 30.3 Å². The van der Waals surface area contributed by atoms with Crippen molar-refractivity contribution in [3.63, 3.8) is 0 Å². The number of esters is 1. The molecule has 1 rings (SSSR count). The standard InChI is InChI=1S/C13H15NO4S/c1-18-13(17)10(8-19)14-12(16)7-6-9-4-2-3-5-11(9)15/h2-7,10,15,19H,8H2,1H3,(H,14,16)/b7-6+/t10-/m0/s1. The molecule has 1 amide bonds. The van der Waals surface area contributed by atoms with Gasteiger partial charge in [0.2, 0.25) is 5.91 Å². The molecule has 0 spiro atoms. The lowest BCUT2D eigenvalue weighted by Gasteiger charge is -2.12. The fraction of sp³-hybridized carbons (Fsp3) is 0.231. The van der Waals surface area contributed by atoms with Gasteiger partial charge in [0.05, 0.1) is 7.11 Å². The Hall–Kier alpha value is -1.95. The third-order valence-electron chi connectivity index (χ3n) is 2.34. The number of carbonyl (C=O) groups excluding carboxylic acids is 2. The van der Waals surface area contributed by atoms with Crippen LogP contribution < -0.4 is 5.32 Å². The van der Waals surface area contributed by atoms with E-state index in [1.165, 1.54) is 25.3 Å². The summed E-state index contributed by atoms with van der Waals surface area (Å²) < 4.78 is 4.52. The summed E-state index contributed by atoms with van der Waals surface area (Å²) in [6.07, 6.45) is 2.69. The molecule has 5 nitrogen and oxygen atoms in total. The molecule has 0 saturated heterocycles. The number of aromatic hydroxyl groups is 1. The maximum absolute atomic E-state index is 11.6. The lowest BCUT2D eigenvalue weighted by molar-refractivity contribution is -0.143. The molecule has 1 atom stereocenters. The van der Waals surface area contributed by atoms with E-state index in [0.29, 0.717) is 5.56 Å². The molecule has 0 saturated carbocycles. The van der Waals surface area contributed by atoms with Crippen LogP contribution >= 0.6 is 12.6 Å². The number of phenolic OH excluding ortho intramolecular Hbond substituents is 1. The van der Waals surface area contributed by atoms with Crippen LogP contribution in [0, 0.1) is 0 Å². The molecule has 0 aliphatic heterocycles. The van der Waals surface area contributed by atoms with Crippen LogP contribution in [0.25, 0.3) is 6.08 Å². The van der Waals surface area contributed by atoms with Crippen molar-refractivity contribution in [1.29, 1.82) is 0 Å². The molecule has 0 aromatic heterocycles. The molecule has 1 aromatic rings. The molecule has 0 unspecified atom stereocenters. The monoisotopic (exact) mass is 281 g/mol. The molecule has 6 heteroatoms. The first-order valence-electron chi connectivity index (χ1n) is 5.53. The molecular formula is C13H15NO4S. The van der Waals surface area contributed by atoms with Crippen LogP contribution in [-0.2, 0) is 14.3 Å². The summed E-state index contributed by atoms with van der Waals surface area (Å²) in [6, 6.07) is 5.80. The minimum Gasteiger partial charge on any atom is -0.507 e. The minimum atomic E-state index is -0.796. The highest BCUT2D eigenvalue weighted by molar-refractivity contribution is 7.80. The van der Waals surface area contributed by atoms with Gasteiger partial charge in [-0.15, -0.1) is 0 Å². The Bertz CT molecular complexity index is 487. The van der Waals surface area contributed by atoms with E-state index in [0.717, 1.165) is 0 Å². The third kappa shape index (κ3) is 4.67. The van der Waals surface area contributed by atoms with Crippen LogP contribution in [0.1, 0.15) is 5.56 Å². The normalized spacial score (nSPS) is 12.1. The van der Waals surface area contributed by atoms with E-state index >= 15 is 0 Å². The SMILES string of the molecule is COC(=O)[C@H](CS)NC(=O)/C=C/c1ccccc1O. The van der Waals surface area contributed by atoms with Crippen molar-refractivity contribution in [1.82, 2.24) is 5.32 Å². The molecule has 19 heavy (non-hydrogen) atoms. The fourth-order valence-corrected chi connectivity index (χ4v) is 1.58. The smallest absolute Gasteiger partial charge is 0.329 e. The third-order valence-corrected chi connectivity index (χ3v) is 2.70. The second-order valence-corrected chi connectivity index (χ2v) is 4.02. The molecule has 102 valence electrons. The predicted octanol–water partition coefficient (Wildman–Crippen LogP) is 0.993. The highest BCUT2D eigenvalue weighted by atomic mass is 32.1. The number of para-hydroxylation sites is 1. The van der Waals surface area contributed by atoms with Gasteiger partial charge in [-0.2, -0.15) is 12.6 Å². The Kier molecular flexibility index (Phi) is 5.95. The lowest BCUT2D eigenvalue weighted by Crippen LogP contribution is -2.42. The average molecular weight is 281 g/mol. The largest absolute Gasteiger partial charge is 0.507 e. The number of nitrogens with one attached hydrogen (secondary N) is 1. The van der Waals surface area contributed by atoms with Gasteiger partial charge >= 0.3 is 5.97 Å². The number of ether oxygens (including phenoxy) is 1. The summed E-state index contributed by atoms with van der Waals surface area (Å²) in [4.78, 5) is 22.9. The van der Waals surface area contributed by atoms with Crippen LogP contribution in [0.5, 0.6) is 5.75 Å². The molecule has 0 heterocycles. The first-order chi connectivity index (χ1) is 9.08. The van der Waals surface area contributed by atoms with Gasteiger partial charge in [0.15, 0.2) is 0 Å². The molecule has 0 bridgehead atoms. The average Bonchev–Trinajstić information content (AvgIpc) is 2.43. The van der Waals surface area contributed by atoms with Crippen molar-refractivity contribution in [2.24, 2.45) is 0 Å². The zero-order valence-electron chi connectivity index (χ0n) is 10.4. The molecule has 0 fully saturated rings. The maximum Gasteiger partial charge on any atom is 0.329 e. The van der Waals surface area contributed by atoms with Crippen molar-refractivity contribution >= 4 is 30.6 Å². The quantitative estimate of drug-likeness (QED) is 0.427. The van der Waals surface area contributed by atoms with Gasteiger partial charge in [-0.1, -0.05) is 18.2 Å². The van der Waals surface area contributed by atoms with Gasteiger partial charge in [-0.05, 0) is 12.1 Å². The van der Waals surface area contributed by atoms with E-state index in [-0.39, 0.29) is 11.5 Å². The molecule has 2 N–H and O–H groups in total. The van der Waals surface area contributed by atoms with Gasteiger partial charge in [-0.25, -0.2) is 4.79 Å².